The maximum absolute atomic E-state index is 11.4. The maximum atomic E-state index is 11.4. The number of aromatic nitrogens is 2. The van der Waals surface area contributed by atoms with Crippen molar-refractivity contribution in [2.45, 2.75) is 25.2 Å². The highest BCUT2D eigenvalue weighted by Gasteiger charge is 2.24. The quantitative estimate of drug-likeness (QED) is 0.785. The third-order valence-corrected chi connectivity index (χ3v) is 2.92. The van der Waals surface area contributed by atoms with Crippen molar-refractivity contribution in [3.63, 3.8) is 0 Å². The monoisotopic (exact) mass is 221 g/mol. The first kappa shape index (κ1) is 10.9. The van der Waals surface area contributed by atoms with Gasteiger partial charge < -0.3 is 10.1 Å². The molecule has 0 saturated heterocycles. The molecule has 1 aromatic rings. The number of anilines is 1. The van der Waals surface area contributed by atoms with E-state index in [-0.39, 0.29) is 0 Å². The van der Waals surface area contributed by atoms with Crippen molar-refractivity contribution in [2.24, 2.45) is 0 Å². The van der Waals surface area contributed by atoms with E-state index in [4.69, 9.17) is 0 Å². The van der Waals surface area contributed by atoms with Crippen LogP contribution in [0.5, 0.6) is 0 Å². The second-order valence-electron chi connectivity index (χ2n) is 3.86. The van der Waals surface area contributed by atoms with Crippen LogP contribution in [0, 0.1) is 0 Å². The smallest absolute Gasteiger partial charge is 0.343 e. The van der Waals surface area contributed by atoms with Crippen molar-refractivity contribution < 1.29 is 9.53 Å². The molecule has 0 bridgehead atoms. The minimum absolute atomic E-state index is 0.382. The largest absolute Gasteiger partial charge is 0.465 e. The molecule has 1 fully saturated rings. The molecule has 0 aliphatic heterocycles. The van der Waals surface area contributed by atoms with Gasteiger partial charge in [-0.3, -0.25) is 0 Å². The highest BCUT2D eigenvalue weighted by Crippen LogP contribution is 2.34. The van der Waals surface area contributed by atoms with Gasteiger partial charge in [-0.05, 0) is 12.8 Å². The van der Waals surface area contributed by atoms with Crippen LogP contribution in [0.15, 0.2) is 6.20 Å². The van der Waals surface area contributed by atoms with E-state index in [2.05, 4.69) is 20.0 Å². The maximum Gasteiger partial charge on any atom is 0.343 e. The van der Waals surface area contributed by atoms with Gasteiger partial charge in [-0.2, -0.15) is 0 Å². The van der Waals surface area contributed by atoms with Crippen LogP contribution in [-0.4, -0.2) is 30.1 Å². The van der Waals surface area contributed by atoms with Gasteiger partial charge in [0.25, 0.3) is 0 Å². The third kappa shape index (κ3) is 1.85. The molecule has 1 heterocycles. The van der Waals surface area contributed by atoms with Crippen LogP contribution < -0.4 is 5.32 Å². The number of esters is 1. The summed E-state index contributed by atoms with van der Waals surface area (Å²) in [7, 11) is 3.08. The number of nitrogens with zero attached hydrogens (tertiary/aromatic N) is 2. The second-order valence-corrected chi connectivity index (χ2v) is 3.86. The van der Waals surface area contributed by atoms with Gasteiger partial charge in [0, 0.05) is 19.2 Å². The Bertz CT molecular complexity index is 402. The molecule has 0 aromatic carbocycles. The molecule has 16 heavy (non-hydrogen) atoms. The average molecular weight is 221 g/mol. The van der Waals surface area contributed by atoms with Crippen LogP contribution in [0.1, 0.15) is 41.4 Å². The lowest BCUT2D eigenvalue weighted by Gasteiger charge is -2.24. The Hall–Kier alpha value is -1.65. The highest BCUT2D eigenvalue weighted by molar-refractivity contribution is 5.94. The molecule has 1 saturated carbocycles. The van der Waals surface area contributed by atoms with Crippen LogP contribution in [-0.2, 0) is 4.74 Å². The molecule has 1 aliphatic carbocycles. The van der Waals surface area contributed by atoms with E-state index in [9.17, 15) is 4.79 Å². The summed E-state index contributed by atoms with van der Waals surface area (Å²) in [5, 5.41) is 2.90. The number of rotatable bonds is 3. The van der Waals surface area contributed by atoms with Gasteiger partial charge in [-0.15, -0.1) is 0 Å². The first-order valence-electron chi connectivity index (χ1n) is 5.39. The fraction of sp³-hybridized carbons (Fsp3) is 0.545. The topological polar surface area (TPSA) is 64.1 Å². The van der Waals surface area contributed by atoms with Crippen molar-refractivity contribution in [1.82, 2.24) is 9.97 Å². The van der Waals surface area contributed by atoms with Gasteiger partial charge in [-0.1, -0.05) is 6.42 Å². The van der Waals surface area contributed by atoms with Crippen LogP contribution in [0.4, 0.5) is 5.82 Å². The average Bonchev–Trinajstić information content (AvgIpc) is 2.25. The minimum Gasteiger partial charge on any atom is -0.465 e. The Kier molecular flexibility index (Phi) is 3.03. The summed E-state index contributed by atoms with van der Waals surface area (Å²) in [5.74, 6) is 1.41. The van der Waals surface area contributed by atoms with Crippen molar-refractivity contribution in [1.29, 1.82) is 0 Å². The molecule has 1 N–H and O–H groups in total. The number of nitrogens with one attached hydrogen (secondary N) is 1. The second kappa shape index (κ2) is 4.47. The van der Waals surface area contributed by atoms with Crippen LogP contribution >= 0.6 is 0 Å². The molecule has 0 spiro atoms. The van der Waals surface area contributed by atoms with Crippen molar-refractivity contribution in [3.8, 4) is 0 Å². The van der Waals surface area contributed by atoms with E-state index in [1.54, 1.807) is 13.2 Å². The summed E-state index contributed by atoms with van der Waals surface area (Å²) < 4.78 is 4.66. The molecule has 0 radical (unpaired) electrons. The molecule has 5 nitrogen and oxygen atoms in total. The Labute approximate surface area is 94.2 Å². The Morgan fingerprint density at radius 1 is 1.56 bits per heavy atom. The lowest BCUT2D eigenvalue weighted by molar-refractivity contribution is 0.0601. The predicted molar refractivity (Wildman–Crippen MR) is 59.5 cm³/mol. The number of ether oxygens (including phenoxy) is 1. The highest BCUT2D eigenvalue weighted by atomic mass is 16.5. The summed E-state index contributed by atoms with van der Waals surface area (Å²) >= 11 is 0. The van der Waals surface area contributed by atoms with E-state index in [0.717, 1.165) is 18.7 Å². The first-order chi connectivity index (χ1) is 7.76. The molecular formula is C11H15N3O2. The van der Waals surface area contributed by atoms with Crippen LogP contribution in [0.25, 0.3) is 0 Å². The summed E-state index contributed by atoms with van der Waals surface area (Å²) in [6, 6.07) is 0. The molecule has 0 amide bonds. The van der Waals surface area contributed by atoms with Gasteiger partial charge >= 0.3 is 5.97 Å². The van der Waals surface area contributed by atoms with Gasteiger partial charge in [0.2, 0.25) is 0 Å². The predicted octanol–water partition coefficient (Wildman–Crippen LogP) is 1.57. The number of carbonyl (C=O) groups excluding carboxylic acids is 1. The molecule has 86 valence electrons. The third-order valence-electron chi connectivity index (χ3n) is 2.92. The molecule has 1 aliphatic rings. The van der Waals surface area contributed by atoms with Gasteiger partial charge in [0.05, 0.1) is 7.11 Å². The Balaban J connectivity index is 2.30. The van der Waals surface area contributed by atoms with Gasteiger partial charge in [-0.25, -0.2) is 14.8 Å². The zero-order chi connectivity index (χ0) is 11.5. The van der Waals surface area contributed by atoms with Crippen molar-refractivity contribution in [2.75, 3.05) is 19.5 Å². The number of methoxy groups -OCH3 is 1. The summed E-state index contributed by atoms with van der Waals surface area (Å²) in [6.45, 7) is 0. The lowest BCUT2D eigenvalue weighted by atomic mass is 9.85. The zero-order valence-corrected chi connectivity index (χ0v) is 9.49. The van der Waals surface area contributed by atoms with Crippen molar-refractivity contribution >= 4 is 11.8 Å². The summed E-state index contributed by atoms with van der Waals surface area (Å²) in [5.41, 5.74) is 0.382. The lowest BCUT2D eigenvalue weighted by Crippen LogP contribution is -2.16. The Morgan fingerprint density at radius 2 is 2.31 bits per heavy atom. The molecule has 5 heteroatoms. The molecular weight excluding hydrogens is 206 g/mol. The van der Waals surface area contributed by atoms with E-state index in [0.29, 0.717) is 17.3 Å². The van der Waals surface area contributed by atoms with E-state index >= 15 is 0 Å². The minimum atomic E-state index is -0.412. The van der Waals surface area contributed by atoms with Crippen LogP contribution in [0.2, 0.25) is 0 Å². The molecule has 1 aromatic heterocycles. The molecule has 0 atom stereocenters. The summed E-state index contributed by atoms with van der Waals surface area (Å²) in [4.78, 5) is 20.0. The fourth-order valence-corrected chi connectivity index (χ4v) is 1.71. The van der Waals surface area contributed by atoms with E-state index < -0.39 is 5.97 Å². The fourth-order valence-electron chi connectivity index (χ4n) is 1.71. The summed E-state index contributed by atoms with van der Waals surface area (Å²) in [6.07, 6.45) is 5.06. The SMILES string of the molecule is CNc1nc(C2CCC2)ncc1C(=O)OC. The molecule has 2 rings (SSSR count). The Morgan fingerprint density at radius 3 is 2.81 bits per heavy atom. The van der Waals surface area contributed by atoms with Gasteiger partial charge in [0.1, 0.15) is 17.2 Å². The van der Waals surface area contributed by atoms with Crippen LogP contribution in [0.3, 0.4) is 0 Å². The van der Waals surface area contributed by atoms with Gasteiger partial charge in [0.15, 0.2) is 0 Å². The zero-order valence-electron chi connectivity index (χ0n) is 9.49. The first-order valence-corrected chi connectivity index (χ1v) is 5.39. The standard InChI is InChI=1S/C11H15N3O2/c1-12-10-8(11(15)16-2)6-13-9(14-10)7-4-3-5-7/h6-7H,3-5H2,1-2H3,(H,12,13,14). The van der Waals surface area contributed by atoms with Crippen molar-refractivity contribution in [3.05, 3.63) is 17.6 Å². The number of hydrogen-bond acceptors (Lipinski definition) is 5. The van der Waals surface area contributed by atoms with E-state index in [1.807, 2.05) is 0 Å². The van der Waals surface area contributed by atoms with E-state index in [1.165, 1.54) is 13.5 Å². The number of hydrogen-bond donors (Lipinski definition) is 1. The number of carbonyl (C=O) groups is 1. The normalized spacial score (nSPS) is 15.4. The molecule has 0 unspecified atom stereocenters.